The molecule has 2 aliphatic heterocycles. The molecule has 214 valence electrons. The molecule has 0 spiro atoms. The summed E-state index contributed by atoms with van der Waals surface area (Å²) >= 11 is 1.56. The van der Waals surface area contributed by atoms with Gasteiger partial charge in [-0.1, -0.05) is 18.2 Å². The molecule has 0 atom stereocenters. The number of aromatic nitrogens is 2. The molecule has 4 aromatic rings. The quantitative estimate of drug-likeness (QED) is 0.349. The molecule has 0 radical (unpaired) electrons. The van der Waals surface area contributed by atoms with E-state index in [0.29, 0.717) is 38.3 Å². The number of fused-ring (bicyclic) bond motifs is 1. The lowest BCUT2D eigenvalue weighted by atomic mass is 9.97. The highest BCUT2D eigenvalue weighted by molar-refractivity contribution is 7.09. The van der Waals surface area contributed by atoms with Gasteiger partial charge in [0.2, 0.25) is 5.91 Å². The SMILES string of the molecule is COc1ccc(N2CCN(C(=O)c3csc(C4CCN(C(=O)Cc5c[nH]c6ccccc56)CC4)n3)CC2)c(OC)c1. The highest BCUT2D eigenvalue weighted by Crippen LogP contribution is 2.34. The van der Waals surface area contributed by atoms with E-state index in [9.17, 15) is 9.59 Å². The van der Waals surface area contributed by atoms with Crippen molar-refractivity contribution in [1.29, 1.82) is 0 Å². The maximum atomic E-state index is 13.3. The van der Waals surface area contributed by atoms with Gasteiger partial charge in [-0.05, 0) is 36.6 Å². The maximum Gasteiger partial charge on any atom is 0.273 e. The molecule has 2 aromatic carbocycles. The predicted octanol–water partition coefficient (Wildman–Crippen LogP) is 4.55. The molecular formula is C31H35N5O4S. The zero-order chi connectivity index (χ0) is 28.3. The summed E-state index contributed by atoms with van der Waals surface area (Å²) in [6, 6.07) is 13.9. The van der Waals surface area contributed by atoms with Gasteiger partial charge in [0.1, 0.15) is 17.2 Å². The molecule has 9 nitrogen and oxygen atoms in total. The monoisotopic (exact) mass is 573 g/mol. The number of nitrogens with zero attached hydrogens (tertiary/aromatic N) is 4. The first kappa shape index (κ1) is 27.1. The van der Waals surface area contributed by atoms with Gasteiger partial charge in [-0.25, -0.2) is 4.98 Å². The van der Waals surface area contributed by atoms with Gasteiger partial charge in [0.15, 0.2) is 0 Å². The minimum Gasteiger partial charge on any atom is -0.497 e. The lowest BCUT2D eigenvalue weighted by molar-refractivity contribution is -0.131. The minimum absolute atomic E-state index is 0.0137. The Morgan fingerprint density at radius 1 is 0.976 bits per heavy atom. The number of anilines is 1. The number of thiazole rings is 1. The maximum absolute atomic E-state index is 13.3. The molecule has 0 unspecified atom stereocenters. The highest BCUT2D eigenvalue weighted by atomic mass is 32.1. The van der Waals surface area contributed by atoms with Gasteiger partial charge in [-0.3, -0.25) is 9.59 Å². The van der Waals surface area contributed by atoms with E-state index >= 15 is 0 Å². The molecule has 0 aliphatic carbocycles. The lowest BCUT2D eigenvalue weighted by Gasteiger charge is -2.36. The summed E-state index contributed by atoms with van der Waals surface area (Å²) in [4.78, 5) is 40.4. The third-order valence-electron chi connectivity index (χ3n) is 8.25. The normalized spacial score (nSPS) is 16.3. The van der Waals surface area contributed by atoms with E-state index in [4.69, 9.17) is 14.5 Å². The fourth-order valence-corrected chi connectivity index (χ4v) is 6.83. The van der Waals surface area contributed by atoms with E-state index in [1.165, 1.54) is 0 Å². The van der Waals surface area contributed by atoms with E-state index in [2.05, 4.69) is 16.0 Å². The molecule has 2 aliphatic rings. The van der Waals surface area contributed by atoms with Crippen molar-refractivity contribution in [1.82, 2.24) is 19.8 Å². The predicted molar refractivity (Wildman–Crippen MR) is 160 cm³/mol. The van der Waals surface area contributed by atoms with Crippen LogP contribution in [0.1, 0.15) is 39.8 Å². The van der Waals surface area contributed by atoms with Crippen LogP contribution >= 0.6 is 11.3 Å². The van der Waals surface area contributed by atoms with Crippen LogP contribution in [0.4, 0.5) is 5.69 Å². The number of hydrogen-bond acceptors (Lipinski definition) is 7. The standard InChI is InChI=1S/C31H35N5O4S/c1-39-23-7-8-27(28(18-23)40-2)34-13-15-36(16-14-34)31(38)26-20-41-30(33-26)21-9-11-35(12-10-21)29(37)17-22-19-32-25-6-4-3-5-24(22)25/h3-8,18-21,32H,9-17H2,1-2H3. The Kier molecular flexibility index (Phi) is 7.82. The number of H-pyrrole nitrogens is 1. The van der Waals surface area contributed by atoms with Gasteiger partial charge in [0, 0.05) is 73.7 Å². The molecule has 2 aromatic heterocycles. The number of amides is 2. The third-order valence-corrected chi connectivity index (χ3v) is 9.26. The second-order valence-electron chi connectivity index (χ2n) is 10.6. The molecule has 2 amide bonds. The van der Waals surface area contributed by atoms with Crippen molar-refractivity contribution < 1.29 is 19.1 Å². The second-order valence-corrected chi connectivity index (χ2v) is 11.5. The van der Waals surface area contributed by atoms with E-state index in [0.717, 1.165) is 64.6 Å². The zero-order valence-electron chi connectivity index (χ0n) is 23.5. The van der Waals surface area contributed by atoms with Crippen LogP contribution in [-0.4, -0.2) is 85.1 Å². The van der Waals surface area contributed by atoms with Crippen LogP contribution in [0.15, 0.2) is 54.0 Å². The number of carbonyl (C=O) groups is 2. The number of nitrogens with one attached hydrogen (secondary N) is 1. The van der Waals surface area contributed by atoms with Gasteiger partial charge < -0.3 is 29.2 Å². The first-order chi connectivity index (χ1) is 20.0. The number of methoxy groups -OCH3 is 2. The first-order valence-corrected chi connectivity index (χ1v) is 15.0. The van der Waals surface area contributed by atoms with Gasteiger partial charge >= 0.3 is 0 Å². The number of hydrogen-bond donors (Lipinski definition) is 1. The topological polar surface area (TPSA) is 91.0 Å². The zero-order valence-corrected chi connectivity index (χ0v) is 24.3. The van der Waals surface area contributed by atoms with Crippen molar-refractivity contribution in [3.05, 3.63) is 70.3 Å². The van der Waals surface area contributed by atoms with Crippen LogP contribution in [0.5, 0.6) is 11.5 Å². The van der Waals surface area contributed by atoms with Crippen molar-refractivity contribution in [2.24, 2.45) is 0 Å². The van der Waals surface area contributed by atoms with Crippen molar-refractivity contribution in [3.8, 4) is 11.5 Å². The molecule has 0 bridgehead atoms. The number of piperazine rings is 1. The fourth-order valence-electron chi connectivity index (χ4n) is 5.86. The van der Waals surface area contributed by atoms with Crippen LogP contribution in [0.25, 0.3) is 10.9 Å². The van der Waals surface area contributed by atoms with Crippen LogP contribution in [0, 0.1) is 0 Å². The number of likely N-dealkylation sites (tertiary alicyclic amines) is 1. The Hall–Kier alpha value is -4.05. The number of carbonyl (C=O) groups excluding carboxylic acids is 2. The number of ether oxygens (including phenoxy) is 2. The van der Waals surface area contributed by atoms with Crippen molar-refractivity contribution >= 4 is 39.7 Å². The summed E-state index contributed by atoms with van der Waals surface area (Å²) in [6.07, 6.45) is 4.08. The average molecular weight is 574 g/mol. The van der Waals surface area contributed by atoms with E-state index in [-0.39, 0.29) is 17.7 Å². The Morgan fingerprint density at radius 3 is 2.51 bits per heavy atom. The molecule has 1 N–H and O–H groups in total. The molecule has 2 saturated heterocycles. The third kappa shape index (κ3) is 5.61. The number of para-hydroxylation sites is 1. The molecule has 4 heterocycles. The highest BCUT2D eigenvalue weighted by Gasteiger charge is 2.29. The summed E-state index contributed by atoms with van der Waals surface area (Å²) in [5.41, 5.74) is 3.63. The van der Waals surface area contributed by atoms with Crippen molar-refractivity contribution in [3.63, 3.8) is 0 Å². The van der Waals surface area contributed by atoms with Crippen LogP contribution in [-0.2, 0) is 11.2 Å². The summed E-state index contributed by atoms with van der Waals surface area (Å²) in [5, 5.41) is 4.00. The largest absolute Gasteiger partial charge is 0.497 e. The number of piperidine rings is 1. The Morgan fingerprint density at radius 2 is 1.76 bits per heavy atom. The summed E-state index contributed by atoms with van der Waals surface area (Å²) < 4.78 is 10.9. The van der Waals surface area contributed by atoms with E-state index in [1.807, 2.05) is 57.8 Å². The first-order valence-electron chi connectivity index (χ1n) is 14.1. The number of rotatable bonds is 7. The van der Waals surface area contributed by atoms with Gasteiger partial charge in [0.25, 0.3) is 5.91 Å². The number of benzene rings is 2. The van der Waals surface area contributed by atoms with Crippen LogP contribution < -0.4 is 14.4 Å². The van der Waals surface area contributed by atoms with Crippen LogP contribution in [0.3, 0.4) is 0 Å². The Balaban J connectivity index is 1.01. The average Bonchev–Trinajstić information content (AvgIpc) is 3.69. The van der Waals surface area contributed by atoms with Crippen molar-refractivity contribution in [2.45, 2.75) is 25.2 Å². The van der Waals surface area contributed by atoms with E-state index < -0.39 is 0 Å². The van der Waals surface area contributed by atoms with Crippen LogP contribution in [0.2, 0.25) is 0 Å². The molecule has 0 saturated carbocycles. The molecule has 41 heavy (non-hydrogen) atoms. The second kappa shape index (κ2) is 11.8. The summed E-state index contributed by atoms with van der Waals surface area (Å²) in [7, 11) is 3.30. The molecular weight excluding hydrogens is 538 g/mol. The fraction of sp³-hybridized carbons (Fsp3) is 0.387. The Bertz CT molecular complexity index is 1530. The summed E-state index contributed by atoms with van der Waals surface area (Å²) in [5.74, 6) is 1.94. The van der Waals surface area contributed by atoms with Gasteiger partial charge in [-0.15, -0.1) is 11.3 Å². The van der Waals surface area contributed by atoms with Gasteiger partial charge in [0.05, 0.1) is 31.3 Å². The number of aromatic amines is 1. The molecule has 10 heteroatoms. The lowest BCUT2D eigenvalue weighted by Crippen LogP contribution is -2.49. The Labute approximate surface area is 243 Å². The van der Waals surface area contributed by atoms with Gasteiger partial charge in [-0.2, -0.15) is 0 Å². The van der Waals surface area contributed by atoms with Crippen molar-refractivity contribution in [2.75, 3.05) is 58.4 Å². The van der Waals surface area contributed by atoms with E-state index in [1.54, 1.807) is 25.6 Å². The minimum atomic E-state index is -0.0137. The molecule has 6 rings (SSSR count). The smallest absolute Gasteiger partial charge is 0.273 e. The summed E-state index contributed by atoms with van der Waals surface area (Å²) in [6.45, 7) is 4.11. The molecule has 2 fully saturated rings.